The molecule has 7 heteroatoms. The molecule has 1 fully saturated rings. The van der Waals surface area contributed by atoms with E-state index in [4.69, 9.17) is 17.0 Å². The quantitative estimate of drug-likeness (QED) is 0.679. The van der Waals surface area contributed by atoms with Crippen molar-refractivity contribution >= 4 is 29.0 Å². The first-order valence-electron chi connectivity index (χ1n) is 9.19. The molecule has 0 unspecified atom stereocenters. The van der Waals surface area contributed by atoms with Gasteiger partial charge < -0.3 is 19.9 Å². The van der Waals surface area contributed by atoms with Crippen molar-refractivity contribution in [3.8, 4) is 11.5 Å². The molecule has 1 aliphatic heterocycles. The van der Waals surface area contributed by atoms with E-state index in [1.807, 2.05) is 60.7 Å². The highest BCUT2D eigenvalue weighted by molar-refractivity contribution is 7.80. The van der Waals surface area contributed by atoms with E-state index in [2.05, 4.69) is 25.1 Å². The molecular formula is C21H21N5OS. The first-order chi connectivity index (χ1) is 13.8. The van der Waals surface area contributed by atoms with Crippen LogP contribution in [0.25, 0.3) is 0 Å². The number of piperazine rings is 1. The van der Waals surface area contributed by atoms with Gasteiger partial charge in [0.15, 0.2) is 5.11 Å². The summed E-state index contributed by atoms with van der Waals surface area (Å²) in [6, 6.07) is 19.4. The maximum Gasteiger partial charge on any atom is 0.225 e. The van der Waals surface area contributed by atoms with E-state index in [1.165, 1.54) is 0 Å². The Bertz CT molecular complexity index is 897. The molecule has 4 rings (SSSR count). The number of anilines is 2. The average Bonchev–Trinajstić information content (AvgIpc) is 2.76. The Hall–Kier alpha value is -3.19. The Morgan fingerprint density at radius 2 is 1.46 bits per heavy atom. The van der Waals surface area contributed by atoms with Crippen LogP contribution < -0.4 is 15.0 Å². The average molecular weight is 392 g/mol. The Morgan fingerprint density at radius 1 is 0.821 bits per heavy atom. The van der Waals surface area contributed by atoms with Crippen LogP contribution in [0.4, 0.5) is 11.6 Å². The lowest BCUT2D eigenvalue weighted by Crippen LogP contribution is -2.50. The lowest BCUT2D eigenvalue weighted by atomic mass is 10.3. The van der Waals surface area contributed by atoms with E-state index in [1.54, 1.807) is 12.4 Å². The zero-order valence-corrected chi connectivity index (χ0v) is 16.2. The second kappa shape index (κ2) is 8.67. The predicted molar refractivity (Wildman–Crippen MR) is 115 cm³/mol. The maximum absolute atomic E-state index is 5.82. The standard InChI is InChI=1S/C21H21N5OS/c28-21(26-15-13-25(14-16-26)20-22-11-4-12-23-20)24-17-7-9-19(10-8-17)27-18-5-2-1-3-6-18/h1-12H,13-16H2,(H,24,28). The Labute approximate surface area is 169 Å². The SMILES string of the molecule is S=C(Nc1ccc(Oc2ccccc2)cc1)N1CCN(c2ncccn2)CC1. The van der Waals surface area contributed by atoms with Gasteiger partial charge in [-0.25, -0.2) is 9.97 Å². The minimum atomic E-state index is 0.727. The van der Waals surface area contributed by atoms with Gasteiger partial charge in [0.25, 0.3) is 0 Å². The number of rotatable bonds is 4. The van der Waals surface area contributed by atoms with Crippen LogP contribution >= 0.6 is 12.2 Å². The number of ether oxygens (including phenoxy) is 1. The first-order valence-corrected chi connectivity index (χ1v) is 9.60. The zero-order chi connectivity index (χ0) is 19.2. The molecule has 0 aliphatic carbocycles. The van der Waals surface area contributed by atoms with Gasteiger partial charge in [0.05, 0.1) is 0 Å². The topological polar surface area (TPSA) is 53.5 Å². The van der Waals surface area contributed by atoms with Gasteiger partial charge in [-0.1, -0.05) is 18.2 Å². The first kappa shape index (κ1) is 18.2. The Kier molecular flexibility index (Phi) is 5.63. The smallest absolute Gasteiger partial charge is 0.225 e. The molecule has 1 saturated heterocycles. The summed E-state index contributed by atoms with van der Waals surface area (Å²) in [5.41, 5.74) is 0.944. The molecule has 2 heterocycles. The monoisotopic (exact) mass is 391 g/mol. The summed E-state index contributed by atoms with van der Waals surface area (Å²) >= 11 is 5.58. The number of para-hydroxylation sites is 1. The molecule has 0 bridgehead atoms. The number of hydrogen-bond acceptors (Lipinski definition) is 5. The van der Waals surface area contributed by atoms with Crippen molar-refractivity contribution in [2.45, 2.75) is 0 Å². The lowest BCUT2D eigenvalue weighted by Gasteiger charge is -2.36. The second-order valence-electron chi connectivity index (χ2n) is 6.39. The molecule has 0 amide bonds. The number of hydrogen-bond donors (Lipinski definition) is 1. The molecule has 1 aromatic heterocycles. The Morgan fingerprint density at radius 3 is 2.14 bits per heavy atom. The molecule has 3 aromatic rings. The van der Waals surface area contributed by atoms with Crippen LogP contribution in [0.5, 0.6) is 11.5 Å². The highest BCUT2D eigenvalue weighted by Gasteiger charge is 2.20. The normalized spacial score (nSPS) is 13.9. The summed E-state index contributed by atoms with van der Waals surface area (Å²) in [4.78, 5) is 13.0. The van der Waals surface area contributed by atoms with E-state index in [9.17, 15) is 0 Å². The molecular weight excluding hydrogens is 370 g/mol. The fraction of sp³-hybridized carbons (Fsp3) is 0.190. The third-order valence-corrected chi connectivity index (χ3v) is 4.85. The van der Waals surface area contributed by atoms with Gasteiger partial charge in [-0.3, -0.25) is 0 Å². The van der Waals surface area contributed by atoms with Crippen LogP contribution in [0.15, 0.2) is 73.1 Å². The minimum absolute atomic E-state index is 0.727. The molecule has 0 atom stereocenters. The summed E-state index contributed by atoms with van der Waals surface area (Å²) in [5.74, 6) is 2.38. The van der Waals surface area contributed by atoms with Gasteiger partial charge in [0.2, 0.25) is 5.95 Å². The van der Waals surface area contributed by atoms with Crippen LogP contribution in [0.1, 0.15) is 0 Å². The molecule has 6 nitrogen and oxygen atoms in total. The van der Waals surface area contributed by atoms with Crippen molar-refractivity contribution in [1.29, 1.82) is 0 Å². The fourth-order valence-corrected chi connectivity index (χ4v) is 3.30. The summed E-state index contributed by atoms with van der Waals surface area (Å²) in [5, 5.41) is 4.04. The van der Waals surface area contributed by atoms with E-state index in [-0.39, 0.29) is 0 Å². The molecule has 2 aromatic carbocycles. The van der Waals surface area contributed by atoms with E-state index < -0.39 is 0 Å². The van der Waals surface area contributed by atoms with Crippen molar-refractivity contribution < 1.29 is 4.74 Å². The molecule has 1 aliphatic rings. The minimum Gasteiger partial charge on any atom is -0.457 e. The highest BCUT2D eigenvalue weighted by Crippen LogP contribution is 2.23. The van der Waals surface area contributed by atoms with Gasteiger partial charge in [-0.2, -0.15) is 0 Å². The molecule has 28 heavy (non-hydrogen) atoms. The van der Waals surface area contributed by atoms with Gasteiger partial charge in [0, 0.05) is 44.3 Å². The number of nitrogens with one attached hydrogen (secondary N) is 1. The summed E-state index contributed by atoms with van der Waals surface area (Å²) in [6.07, 6.45) is 3.54. The summed E-state index contributed by atoms with van der Waals surface area (Å²) in [6.45, 7) is 3.35. The highest BCUT2D eigenvalue weighted by atomic mass is 32.1. The number of nitrogens with zero attached hydrogens (tertiary/aromatic N) is 4. The van der Waals surface area contributed by atoms with Crippen molar-refractivity contribution in [3.63, 3.8) is 0 Å². The van der Waals surface area contributed by atoms with Crippen molar-refractivity contribution in [2.24, 2.45) is 0 Å². The van der Waals surface area contributed by atoms with E-state index in [0.29, 0.717) is 0 Å². The van der Waals surface area contributed by atoms with Gasteiger partial charge >= 0.3 is 0 Å². The van der Waals surface area contributed by atoms with Crippen LogP contribution in [0.2, 0.25) is 0 Å². The van der Waals surface area contributed by atoms with Crippen molar-refractivity contribution in [2.75, 3.05) is 36.4 Å². The third kappa shape index (κ3) is 4.55. The van der Waals surface area contributed by atoms with Crippen molar-refractivity contribution in [1.82, 2.24) is 14.9 Å². The van der Waals surface area contributed by atoms with Gasteiger partial charge in [-0.05, 0) is 54.7 Å². The number of thiocarbonyl (C=S) groups is 1. The molecule has 1 N–H and O–H groups in total. The van der Waals surface area contributed by atoms with Crippen molar-refractivity contribution in [3.05, 3.63) is 73.1 Å². The summed E-state index contributed by atoms with van der Waals surface area (Å²) in [7, 11) is 0. The van der Waals surface area contributed by atoms with Gasteiger partial charge in [-0.15, -0.1) is 0 Å². The van der Waals surface area contributed by atoms with Crippen LogP contribution in [-0.2, 0) is 0 Å². The Balaban J connectivity index is 1.29. The van der Waals surface area contributed by atoms with Crippen LogP contribution in [-0.4, -0.2) is 46.2 Å². The zero-order valence-electron chi connectivity index (χ0n) is 15.4. The maximum atomic E-state index is 5.82. The summed E-state index contributed by atoms with van der Waals surface area (Å²) < 4.78 is 5.82. The van der Waals surface area contributed by atoms with E-state index >= 15 is 0 Å². The van der Waals surface area contributed by atoms with Crippen LogP contribution in [0, 0.1) is 0 Å². The second-order valence-corrected chi connectivity index (χ2v) is 6.78. The molecule has 0 radical (unpaired) electrons. The molecule has 0 spiro atoms. The third-order valence-electron chi connectivity index (χ3n) is 4.49. The number of aromatic nitrogens is 2. The predicted octanol–water partition coefficient (Wildman–Crippen LogP) is 3.79. The largest absolute Gasteiger partial charge is 0.457 e. The van der Waals surface area contributed by atoms with Crippen LogP contribution in [0.3, 0.4) is 0 Å². The fourth-order valence-electron chi connectivity index (χ4n) is 3.00. The van der Waals surface area contributed by atoms with Gasteiger partial charge in [0.1, 0.15) is 11.5 Å². The molecule has 142 valence electrons. The molecule has 0 saturated carbocycles. The lowest BCUT2D eigenvalue weighted by molar-refractivity contribution is 0.388. The number of benzene rings is 2. The van der Waals surface area contributed by atoms with E-state index in [0.717, 1.165) is 54.4 Å².